The Morgan fingerprint density at radius 2 is 1.35 bits per heavy atom. The summed E-state index contributed by atoms with van der Waals surface area (Å²) in [6.45, 7) is 4.41. The quantitative estimate of drug-likeness (QED) is 0.343. The molecule has 0 heterocycles. The molecule has 0 amide bonds. The van der Waals surface area contributed by atoms with Gasteiger partial charge in [-0.1, -0.05) is 44.2 Å². The molecule has 1 aromatic carbocycles. The third-order valence-corrected chi connectivity index (χ3v) is 1.47. The molecule has 0 aromatic heterocycles. The average molecular weight is 312 g/mol. The molecule has 17 heavy (non-hydrogen) atoms. The SMILES string of the molecule is CC(C)c1ccccc1.[K+].[O-]O.[O]=[Mn](=[O])(=[O])[OH]. The molecule has 0 saturated carbocycles. The third kappa shape index (κ3) is 22.3. The Hall–Kier alpha value is 0.656. The first-order valence-electron chi connectivity index (χ1n) is 4.17. The minimum atomic E-state index is -5.38. The van der Waals surface area contributed by atoms with Crippen LogP contribution in [0.25, 0.3) is 0 Å². The molecular weight excluding hydrogens is 298 g/mol. The third-order valence-electron chi connectivity index (χ3n) is 1.47. The fourth-order valence-electron chi connectivity index (χ4n) is 0.838. The number of hydrogen-bond donors (Lipinski definition) is 2. The van der Waals surface area contributed by atoms with E-state index in [1.54, 1.807) is 0 Å². The van der Waals surface area contributed by atoms with Gasteiger partial charge < -0.3 is 10.5 Å². The first kappa shape index (κ1) is 22.8. The minimum absolute atomic E-state index is 0. The van der Waals surface area contributed by atoms with E-state index >= 15 is 0 Å². The van der Waals surface area contributed by atoms with Crippen molar-refractivity contribution < 1.29 is 90.6 Å². The van der Waals surface area contributed by atoms with E-state index in [0.29, 0.717) is 5.92 Å². The summed E-state index contributed by atoms with van der Waals surface area (Å²) >= 11 is -5.38. The first-order chi connectivity index (χ1) is 7.30. The molecule has 94 valence electrons. The Bertz CT molecular complexity index is 395. The summed E-state index contributed by atoms with van der Waals surface area (Å²) in [5, 5.41) is 13.0. The van der Waals surface area contributed by atoms with Crippen molar-refractivity contribution in [3.05, 3.63) is 35.9 Å². The van der Waals surface area contributed by atoms with Gasteiger partial charge >= 0.3 is 80.0 Å². The molecule has 0 aliphatic rings. The van der Waals surface area contributed by atoms with Gasteiger partial charge in [0, 0.05) is 0 Å². The van der Waals surface area contributed by atoms with Gasteiger partial charge in [0.2, 0.25) is 0 Å². The molecule has 0 spiro atoms. The van der Waals surface area contributed by atoms with Gasteiger partial charge in [0.05, 0.1) is 0 Å². The van der Waals surface area contributed by atoms with Gasteiger partial charge in [-0.3, -0.25) is 0 Å². The molecule has 0 radical (unpaired) electrons. The van der Waals surface area contributed by atoms with Crippen molar-refractivity contribution in [3.63, 3.8) is 0 Å². The maximum atomic E-state index is 8.69. The van der Waals surface area contributed by atoms with Gasteiger partial charge in [-0.2, -0.15) is 0 Å². The van der Waals surface area contributed by atoms with Crippen molar-refractivity contribution in [2.75, 3.05) is 0 Å². The second kappa shape index (κ2) is 13.1. The monoisotopic (exact) mass is 312 g/mol. The summed E-state index contributed by atoms with van der Waals surface area (Å²) in [7, 11) is 0. The maximum absolute atomic E-state index is 8.69. The van der Waals surface area contributed by atoms with Crippen molar-refractivity contribution in [2.45, 2.75) is 19.8 Å². The van der Waals surface area contributed by atoms with Crippen LogP contribution in [-0.2, 0) is 24.5 Å². The van der Waals surface area contributed by atoms with Gasteiger partial charge in [0.15, 0.2) is 0 Å². The second-order valence-corrected chi connectivity index (χ2v) is 4.20. The zero-order chi connectivity index (χ0) is 13.2. The van der Waals surface area contributed by atoms with E-state index in [2.05, 4.69) is 38.1 Å². The number of benzene rings is 1. The van der Waals surface area contributed by atoms with Gasteiger partial charge in [0.1, 0.15) is 0 Å². The molecule has 6 nitrogen and oxygen atoms in total. The molecule has 0 bridgehead atoms. The summed E-state index contributed by atoms with van der Waals surface area (Å²) in [6, 6.07) is 10.5. The predicted octanol–water partition coefficient (Wildman–Crippen LogP) is -2.28. The molecule has 0 saturated heterocycles. The Balaban J connectivity index is -0.000000213. The zero-order valence-electron chi connectivity index (χ0n) is 9.87. The number of hydrogen-bond acceptors (Lipinski definition) is 5. The van der Waals surface area contributed by atoms with Crippen molar-refractivity contribution in [1.29, 1.82) is 0 Å². The first-order valence-corrected chi connectivity index (χ1v) is 6.14. The molecule has 1 rings (SSSR count). The van der Waals surface area contributed by atoms with Crippen LogP contribution in [0, 0.1) is 0 Å². The van der Waals surface area contributed by atoms with Crippen molar-refractivity contribution >= 4 is 0 Å². The van der Waals surface area contributed by atoms with E-state index in [-0.39, 0.29) is 51.4 Å². The molecule has 0 atom stereocenters. The van der Waals surface area contributed by atoms with Crippen molar-refractivity contribution in [3.8, 4) is 0 Å². The van der Waals surface area contributed by atoms with E-state index in [4.69, 9.17) is 26.2 Å². The van der Waals surface area contributed by atoms with Crippen LogP contribution < -0.4 is 56.6 Å². The summed E-state index contributed by atoms with van der Waals surface area (Å²) in [4.78, 5) is 0. The number of rotatable bonds is 1. The van der Waals surface area contributed by atoms with Crippen molar-refractivity contribution in [1.82, 2.24) is 0 Å². The molecule has 0 aliphatic carbocycles. The van der Waals surface area contributed by atoms with E-state index in [9.17, 15) is 0 Å². The van der Waals surface area contributed by atoms with Crippen LogP contribution in [0.15, 0.2) is 30.3 Å². The normalized spacial score (nSPS) is 9.06. The molecule has 0 aliphatic heterocycles. The summed E-state index contributed by atoms with van der Waals surface area (Å²) in [6.07, 6.45) is 0. The van der Waals surface area contributed by atoms with E-state index < -0.39 is 13.0 Å². The molecule has 8 heteroatoms. The van der Waals surface area contributed by atoms with Crippen LogP contribution in [0.5, 0.6) is 0 Å². The fraction of sp³-hybridized carbons (Fsp3) is 0.333. The molecule has 0 unspecified atom stereocenters. The average Bonchev–Trinajstić information content (AvgIpc) is 2.20. The zero-order valence-corrected chi connectivity index (χ0v) is 14.2. The van der Waals surface area contributed by atoms with Crippen LogP contribution in [0.3, 0.4) is 0 Å². The Labute approximate surface area is 144 Å². The topological polar surface area (TPSA) is 115 Å². The second-order valence-electron chi connectivity index (χ2n) is 2.96. The van der Waals surface area contributed by atoms with Gasteiger partial charge in [-0.05, 0) is 11.5 Å². The van der Waals surface area contributed by atoms with Crippen LogP contribution in [-0.4, -0.2) is 9.45 Å². The predicted molar refractivity (Wildman–Crippen MR) is 47.4 cm³/mol. The molecule has 1 aromatic rings. The van der Waals surface area contributed by atoms with E-state index in [1.807, 2.05) is 6.07 Å². The Kier molecular flexibility index (Phi) is 17.6. The van der Waals surface area contributed by atoms with Crippen LogP contribution in [0.2, 0.25) is 0 Å². The Morgan fingerprint density at radius 3 is 1.53 bits per heavy atom. The summed E-state index contributed by atoms with van der Waals surface area (Å²) in [5.41, 5.74) is 1.41. The van der Waals surface area contributed by atoms with E-state index in [1.165, 1.54) is 5.56 Å². The van der Waals surface area contributed by atoms with Gasteiger partial charge in [-0.25, -0.2) is 0 Å². The van der Waals surface area contributed by atoms with Gasteiger partial charge in [-0.15, -0.1) is 0 Å². The summed E-state index contributed by atoms with van der Waals surface area (Å²) in [5.74, 6) is 0.659. The van der Waals surface area contributed by atoms with Crippen molar-refractivity contribution in [2.24, 2.45) is 0 Å². The van der Waals surface area contributed by atoms with Gasteiger partial charge in [0.25, 0.3) is 0 Å². The summed E-state index contributed by atoms with van der Waals surface area (Å²) < 4.78 is 33.1. The Morgan fingerprint density at radius 1 is 1.06 bits per heavy atom. The van der Waals surface area contributed by atoms with E-state index in [0.717, 1.165) is 0 Å². The van der Waals surface area contributed by atoms with Crippen LogP contribution in [0.1, 0.15) is 25.3 Å². The molecule has 2 N–H and O–H groups in total. The molecular formula is C9H14KMnO6. The van der Waals surface area contributed by atoms with Crippen LogP contribution in [0.4, 0.5) is 0 Å². The fourth-order valence-corrected chi connectivity index (χ4v) is 0.838. The molecule has 0 fully saturated rings. The standard InChI is InChI=1S/C9H12.K.Mn.H2O2.H2O.3O/c1-8(2)9-6-4-3-5-7-9;;;1-2;;;;/h3-8H,1-2H3;;;1-2H;1H2;;;/q;2*+1;;;;;/p-2. The van der Waals surface area contributed by atoms with Crippen LogP contribution >= 0.6 is 0 Å².